The Balaban J connectivity index is 1.71. The third kappa shape index (κ3) is 5.48. The van der Waals surface area contributed by atoms with Crippen LogP contribution in [0.4, 0.5) is 5.69 Å². The molecule has 0 saturated carbocycles. The van der Waals surface area contributed by atoms with Gasteiger partial charge in [-0.3, -0.25) is 0 Å². The van der Waals surface area contributed by atoms with E-state index >= 15 is 0 Å². The molecule has 186 valence electrons. The molecular formula is C32H35NO3. The van der Waals surface area contributed by atoms with E-state index in [0.717, 1.165) is 24.1 Å². The Kier molecular flexibility index (Phi) is 6.98. The van der Waals surface area contributed by atoms with Gasteiger partial charge in [0.1, 0.15) is 6.10 Å². The number of aliphatic hydroxyl groups excluding tert-OH is 1. The van der Waals surface area contributed by atoms with Gasteiger partial charge < -0.3 is 15.5 Å². The Labute approximate surface area is 214 Å². The summed E-state index contributed by atoms with van der Waals surface area (Å²) in [5.74, 6) is 4.98. The number of aliphatic hydroxyl groups is 1. The molecule has 0 spiro atoms. The van der Waals surface area contributed by atoms with E-state index < -0.39 is 12.1 Å². The van der Waals surface area contributed by atoms with Crippen molar-refractivity contribution >= 4 is 11.7 Å². The Morgan fingerprint density at radius 2 is 1.61 bits per heavy atom. The molecule has 4 rings (SSSR count). The van der Waals surface area contributed by atoms with Gasteiger partial charge in [-0.05, 0) is 83.2 Å². The van der Waals surface area contributed by atoms with Crippen LogP contribution in [-0.4, -0.2) is 16.2 Å². The highest BCUT2D eigenvalue weighted by Crippen LogP contribution is 2.49. The minimum Gasteiger partial charge on any atom is -0.478 e. The zero-order chi connectivity index (χ0) is 26.1. The molecule has 4 nitrogen and oxygen atoms in total. The van der Waals surface area contributed by atoms with Crippen LogP contribution < -0.4 is 5.32 Å². The monoisotopic (exact) mass is 481 g/mol. The fraction of sp³-hybridized carbons (Fsp3) is 0.344. The van der Waals surface area contributed by atoms with Gasteiger partial charge in [0.15, 0.2) is 0 Å². The molecule has 1 aliphatic carbocycles. The summed E-state index contributed by atoms with van der Waals surface area (Å²) >= 11 is 0. The van der Waals surface area contributed by atoms with E-state index in [-0.39, 0.29) is 16.4 Å². The Bertz CT molecular complexity index is 1320. The largest absolute Gasteiger partial charge is 0.478 e. The highest BCUT2D eigenvalue weighted by molar-refractivity contribution is 5.87. The van der Waals surface area contributed by atoms with Crippen molar-refractivity contribution < 1.29 is 15.0 Å². The molecule has 0 radical (unpaired) electrons. The summed E-state index contributed by atoms with van der Waals surface area (Å²) in [4.78, 5) is 11.1. The molecule has 3 aromatic rings. The Morgan fingerprint density at radius 1 is 0.972 bits per heavy atom. The number of carboxylic acid groups (broad SMARTS) is 1. The summed E-state index contributed by atoms with van der Waals surface area (Å²) in [6.07, 6.45) is 1.21. The zero-order valence-electron chi connectivity index (χ0n) is 21.8. The molecular weight excluding hydrogens is 446 g/mol. The number of benzene rings is 3. The zero-order valence-corrected chi connectivity index (χ0v) is 21.8. The van der Waals surface area contributed by atoms with Crippen molar-refractivity contribution in [3.8, 4) is 11.8 Å². The van der Waals surface area contributed by atoms with Crippen molar-refractivity contribution in [2.24, 2.45) is 0 Å². The van der Waals surface area contributed by atoms with Crippen LogP contribution in [0.5, 0.6) is 0 Å². The highest BCUT2D eigenvalue weighted by atomic mass is 16.4. The first-order valence-corrected chi connectivity index (χ1v) is 12.5. The molecule has 0 saturated heterocycles. The molecule has 0 aromatic heterocycles. The van der Waals surface area contributed by atoms with Crippen LogP contribution in [0, 0.1) is 18.8 Å². The summed E-state index contributed by atoms with van der Waals surface area (Å²) in [6, 6.07) is 19.1. The van der Waals surface area contributed by atoms with Crippen LogP contribution in [0.2, 0.25) is 0 Å². The SMILES string of the molecule is Cc1ccc(CNc2cc(C(O)C#Cc3ccc(C(=O)O)cc3)cc3c2C(C)(C)CCC3(C)C)cc1. The van der Waals surface area contributed by atoms with E-state index in [1.54, 1.807) is 12.1 Å². The fourth-order valence-electron chi connectivity index (χ4n) is 4.94. The van der Waals surface area contributed by atoms with Gasteiger partial charge in [0, 0.05) is 17.8 Å². The van der Waals surface area contributed by atoms with Crippen molar-refractivity contribution in [1.82, 2.24) is 0 Å². The lowest BCUT2D eigenvalue weighted by molar-refractivity contribution is 0.0697. The number of aryl methyl sites for hydroxylation is 1. The van der Waals surface area contributed by atoms with Crippen LogP contribution in [0.15, 0.2) is 60.7 Å². The fourth-order valence-corrected chi connectivity index (χ4v) is 4.94. The number of fused-ring (bicyclic) bond motifs is 1. The minimum atomic E-state index is -0.972. The van der Waals surface area contributed by atoms with E-state index in [0.29, 0.717) is 12.1 Å². The smallest absolute Gasteiger partial charge is 0.335 e. The van der Waals surface area contributed by atoms with Crippen LogP contribution >= 0.6 is 0 Å². The predicted octanol–water partition coefficient (Wildman–Crippen LogP) is 6.74. The number of hydrogen-bond acceptors (Lipinski definition) is 3. The standard InChI is InChI=1S/C32H35NO3/c1-21-6-8-23(9-7-21)20-33-27-19-25(18-26-29(27)32(4,5)17-16-31(26,2)3)28(34)15-12-22-10-13-24(14-11-22)30(35)36/h6-11,13-14,18-19,28,33-34H,16-17,20H2,1-5H3,(H,35,36). The second kappa shape index (κ2) is 9.84. The first kappa shape index (κ1) is 25.5. The second-order valence-electron chi connectivity index (χ2n) is 11.2. The quantitative estimate of drug-likeness (QED) is 0.353. The molecule has 1 aliphatic rings. The molecule has 1 unspecified atom stereocenters. The topological polar surface area (TPSA) is 69.6 Å². The first-order chi connectivity index (χ1) is 17.0. The summed E-state index contributed by atoms with van der Waals surface area (Å²) in [6.45, 7) is 11.9. The molecule has 0 fully saturated rings. The van der Waals surface area contributed by atoms with Crippen molar-refractivity contribution in [3.63, 3.8) is 0 Å². The lowest BCUT2D eigenvalue weighted by Crippen LogP contribution is -2.35. The Hall–Kier alpha value is -3.55. The van der Waals surface area contributed by atoms with E-state index in [1.807, 2.05) is 6.07 Å². The average molecular weight is 482 g/mol. The van der Waals surface area contributed by atoms with Gasteiger partial charge in [0.05, 0.1) is 5.56 Å². The van der Waals surface area contributed by atoms with Crippen LogP contribution in [-0.2, 0) is 17.4 Å². The third-order valence-electron chi connectivity index (χ3n) is 7.35. The summed E-state index contributed by atoms with van der Waals surface area (Å²) < 4.78 is 0. The van der Waals surface area contributed by atoms with Crippen LogP contribution in [0.1, 0.15) is 90.4 Å². The van der Waals surface area contributed by atoms with Crippen LogP contribution in [0.25, 0.3) is 0 Å². The molecule has 3 aromatic carbocycles. The maximum Gasteiger partial charge on any atom is 0.335 e. The van der Waals surface area contributed by atoms with Gasteiger partial charge in [-0.1, -0.05) is 75.4 Å². The molecule has 0 bridgehead atoms. The van der Waals surface area contributed by atoms with E-state index in [4.69, 9.17) is 5.11 Å². The second-order valence-corrected chi connectivity index (χ2v) is 11.2. The van der Waals surface area contributed by atoms with Gasteiger partial charge in [-0.2, -0.15) is 0 Å². The van der Waals surface area contributed by atoms with Gasteiger partial charge in [0.2, 0.25) is 0 Å². The molecule has 1 atom stereocenters. The molecule has 0 aliphatic heterocycles. The maximum atomic E-state index is 11.1. The number of carboxylic acids is 1. The molecule has 0 heterocycles. The van der Waals surface area contributed by atoms with Gasteiger partial charge in [-0.25, -0.2) is 4.79 Å². The number of hydrogen-bond donors (Lipinski definition) is 3. The molecule has 4 heteroatoms. The molecule has 3 N–H and O–H groups in total. The lowest BCUT2D eigenvalue weighted by Gasteiger charge is -2.43. The molecule has 36 heavy (non-hydrogen) atoms. The molecule has 0 amide bonds. The van der Waals surface area contributed by atoms with Gasteiger partial charge in [0.25, 0.3) is 0 Å². The van der Waals surface area contributed by atoms with Gasteiger partial charge >= 0.3 is 5.97 Å². The summed E-state index contributed by atoms with van der Waals surface area (Å²) in [7, 11) is 0. The van der Waals surface area contributed by atoms with Crippen molar-refractivity contribution in [2.75, 3.05) is 5.32 Å². The Morgan fingerprint density at radius 3 is 2.25 bits per heavy atom. The number of aromatic carboxylic acids is 1. The summed E-state index contributed by atoms with van der Waals surface area (Å²) in [5.41, 5.74) is 7.71. The van der Waals surface area contributed by atoms with Crippen molar-refractivity contribution in [1.29, 1.82) is 0 Å². The highest BCUT2D eigenvalue weighted by Gasteiger charge is 2.39. The van der Waals surface area contributed by atoms with E-state index in [1.165, 1.54) is 34.4 Å². The van der Waals surface area contributed by atoms with E-state index in [9.17, 15) is 9.90 Å². The number of nitrogens with one attached hydrogen (secondary N) is 1. The maximum absolute atomic E-state index is 11.1. The van der Waals surface area contributed by atoms with Crippen LogP contribution in [0.3, 0.4) is 0 Å². The lowest BCUT2D eigenvalue weighted by atomic mass is 9.62. The van der Waals surface area contributed by atoms with Gasteiger partial charge in [-0.15, -0.1) is 0 Å². The first-order valence-electron chi connectivity index (χ1n) is 12.5. The summed E-state index contributed by atoms with van der Waals surface area (Å²) in [5, 5.41) is 23.8. The van der Waals surface area contributed by atoms with Crippen molar-refractivity contribution in [2.45, 2.75) is 70.9 Å². The number of rotatable bonds is 5. The number of anilines is 1. The minimum absolute atomic E-state index is 0.0129. The normalized spacial score (nSPS) is 16.3. The van der Waals surface area contributed by atoms with E-state index in [2.05, 4.69) is 82.1 Å². The average Bonchev–Trinajstić information content (AvgIpc) is 2.85. The van der Waals surface area contributed by atoms with Crippen molar-refractivity contribution in [3.05, 3.63) is 99.6 Å². The number of carbonyl (C=O) groups is 1. The third-order valence-corrected chi connectivity index (χ3v) is 7.35. The predicted molar refractivity (Wildman–Crippen MR) is 145 cm³/mol.